The molecule has 0 spiro atoms. The van der Waals surface area contributed by atoms with Crippen molar-refractivity contribution in [1.29, 1.82) is 0 Å². The quantitative estimate of drug-likeness (QED) is 0.895. The minimum absolute atomic E-state index is 0.0550. The minimum Gasteiger partial charge on any atom is -0.448 e. The number of carbonyl (C=O) groups excluding carboxylic acids is 1. The van der Waals surface area contributed by atoms with E-state index >= 15 is 0 Å². The first kappa shape index (κ1) is 13.7. The number of hydrogen-bond acceptors (Lipinski definition) is 4. The number of aromatic amines is 1. The number of rotatable bonds is 2. The number of nitrogens with zero attached hydrogens (tertiary/aromatic N) is 3. The summed E-state index contributed by atoms with van der Waals surface area (Å²) >= 11 is 0. The third-order valence-corrected chi connectivity index (χ3v) is 3.89. The van der Waals surface area contributed by atoms with Crippen molar-refractivity contribution in [2.24, 2.45) is 7.05 Å². The Morgan fingerprint density at radius 2 is 2.33 bits per heavy atom. The van der Waals surface area contributed by atoms with Crippen molar-refractivity contribution in [3.05, 3.63) is 40.0 Å². The standard InChI is InChI=1S/C14H18N4O3/c1-9-15-12(8-21-9)14(20)18-5-3-4-10(7-18)11-6-13(19)17(2)16-11/h6,8,10,16H,3-5,7H2,1-2H3. The Morgan fingerprint density at radius 1 is 1.52 bits per heavy atom. The molecule has 7 heteroatoms. The Bertz CT molecular complexity index is 712. The van der Waals surface area contributed by atoms with Crippen molar-refractivity contribution in [3.8, 4) is 0 Å². The molecule has 1 unspecified atom stereocenters. The Balaban J connectivity index is 1.76. The number of amides is 1. The van der Waals surface area contributed by atoms with Gasteiger partial charge in [-0.1, -0.05) is 0 Å². The molecule has 7 nitrogen and oxygen atoms in total. The number of nitrogens with one attached hydrogen (secondary N) is 1. The molecule has 1 N–H and O–H groups in total. The molecular formula is C14H18N4O3. The van der Waals surface area contributed by atoms with E-state index in [1.54, 1.807) is 24.9 Å². The van der Waals surface area contributed by atoms with Crippen LogP contribution in [-0.2, 0) is 7.05 Å². The lowest BCUT2D eigenvalue weighted by molar-refractivity contribution is 0.0699. The Labute approximate surface area is 121 Å². The van der Waals surface area contributed by atoms with Crippen LogP contribution in [0.3, 0.4) is 0 Å². The summed E-state index contributed by atoms with van der Waals surface area (Å²) in [5, 5.41) is 3.05. The highest BCUT2D eigenvalue weighted by atomic mass is 16.3. The molecule has 0 bridgehead atoms. The van der Waals surface area contributed by atoms with E-state index in [0.29, 0.717) is 24.7 Å². The molecular weight excluding hydrogens is 272 g/mol. The third-order valence-electron chi connectivity index (χ3n) is 3.89. The average Bonchev–Trinajstić information content (AvgIpc) is 3.05. The van der Waals surface area contributed by atoms with E-state index < -0.39 is 0 Å². The monoisotopic (exact) mass is 290 g/mol. The number of carbonyl (C=O) groups is 1. The van der Waals surface area contributed by atoms with Gasteiger partial charge in [-0.2, -0.15) is 0 Å². The molecule has 1 fully saturated rings. The average molecular weight is 290 g/mol. The molecule has 2 aromatic rings. The molecule has 1 aliphatic heterocycles. The molecule has 112 valence electrons. The lowest BCUT2D eigenvalue weighted by Gasteiger charge is -2.31. The van der Waals surface area contributed by atoms with Gasteiger partial charge < -0.3 is 9.32 Å². The molecule has 1 amide bonds. The predicted molar refractivity (Wildman–Crippen MR) is 75.2 cm³/mol. The van der Waals surface area contributed by atoms with E-state index in [4.69, 9.17) is 4.42 Å². The summed E-state index contributed by atoms with van der Waals surface area (Å²) in [4.78, 5) is 29.8. The molecule has 3 rings (SSSR count). The fraction of sp³-hybridized carbons (Fsp3) is 0.500. The van der Waals surface area contributed by atoms with Gasteiger partial charge in [-0.25, -0.2) is 4.98 Å². The molecule has 1 saturated heterocycles. The first-order chi connectivity index (χ1) is 10.0. The predicted octanol–water partition coefficient (Wildman–Crippen LogP) is 1.03. The van der Waals surface area contributed by atoms with Crippen LogP contribution in [0.2, 0.25) is 0 Å². The van der Waals surface area contributed by atoms with Crippen LogP contribution in [0.1, 0.15) is 40.8 Å². The lowest BCUT2D eigenvalue weighted by atomic mass is 9.95. The van der Waals surface area contributed by atoms with E-state index in [1.165, 1.54) is 10.9 Å². The van der Waals surface area contributed by atoms with Gasteiger partial charge in [0.05, 0.1) is 0 Å². The van der Waals surface area contributed by atoms with E-state index in [1.807, 2.05) is 0 Å². The smallest absolute Gasteiger partial charge is 0.275 e. The molecule has 0 aromatic carbocycles. The van der Waals surface area contributed by atoms with Gasteiger partial charge in [0.1, 0.15) is 6.26 Å². The summed E-state index contributed by atoms with van der Waals surface area (Å²) in [7, 11) is 1.69. The van der Waals surface area contributed by atoms with E-state index in [2.05, 4.69) is 10.1 Å². The molecule has 21 heavy (non-hydrogen) atoms. The largest absolute Gasteiger partial charge is 0.448 e. The molecule has 1 atom stereocenters. The minimum atomic E-state index is -0.116. The van der Waals surface area contributed by atoms with Gasteiger partial charge in [0, 0.05) is 44.7 Å². The SMILES string of the molecule is Cc1nc(C(=O)N2CCCC(c3cc(=O)n(C)[nH]3)C2)co1. The first-order valence-corrected chi connectivity index (χ1v) is 7.02. The number of likely N-dealkylation sites (tertiary alicyclic amines) is 1. The zero-order valence-corrected chi connectivity index (χ0v) is 12.1. The summed E-state index contributed by atoms with van der Waals surface area (Å²) in [6.07, 6.45) is 3.26. The van der Waals surface area contributed by atoms with Crippen LogP contribution in [-0.4, -0.2) is 38.7 Å². The van der Waals surface area contributed by atoms with Gasteiger partial charge in [-0.3, -0.25) is 19.4 Å². The van der Waals surface area contributed by atoms with Crippen molar-refractivity contribution >= 4 is 5.91 Å². The van der Waals surface area contributed by atoms with Crippen LogP contribution in [0.4, 0.5) is 0 Å². The molecule has 0 radical (unpaired) electrons. The van der Waals surface area contributed by atoms with Gasteiger partial charge in [0.2, 0.25) is 0 Å². The van der Waals surface area contributed by atoms with E-state index in [0.717, 1.165) is 18.5 Å². The first-order valence-electron chi connectivity index (χ1n) is 7.02. The maximum atomic E-state index is 12.4. The maximum Gasteiger partial charge on any atom is 0.275 e. The molecule has 2 aromatic heterocycles. The third kappa shape index (κ3) is 2.63. The van der Waals surface area contributed by atoms with Crippen LogP contribution in [0.15, 0.2) is 21.5 Å². The lowest BCUT2D eigenvalue weighted by Crippen LogP contribution is -2.39. The van der Waals surface area contributed by atoms with Crippen LogP contribution in [0.25, 0.3) is 0 Å². The van der Waals surface area contributed by atoms with E-state index in [9.17, 15) is 9.59 Å². The summed E-state index contributed by atoms with van der Waals surface area (Å²) in [6.45, 7) is 3.01. The fourth-order valence-electron chi connectivity index (χ4n) is 2.76. The Morgan fingerprint density at radius 3 is 2.95 bits per heavy atom. The Kier molecular flexibility index (Phi) is 3.40. The summed E-state index contributed by atoms with van der Waals surface area (Å²) in [6, 6.07) is 1.61. The zero-order chi connectivity index (χ0) is 15.0. The van der Waals surface area contributed by atoms with Gasteiger partial charge in [0.25, 0.3) is 11.5 Å². The highest BCUT2D eigenvalue weighted by molar-refractivity contribution is 5.92. The van der Waals surface area contributed by atoms with Crippen LogP contribution < -0.4 is 5.56 Å². The van der Waals surface area contributed by atoms with Crippen LogP contribution >= 0.6 is 0 Å². The number of piperidine rings is 1. The Hall–Kier alpha value is -2.31. The molecule has 0 saturated carbocycles. The van der Waals surface area contributed by atoms with Gasteiger partial charge >= 0.3 is 0 Å². The van der Waals surface area contributed by atoms with Crippen LogP contribution in [0.5, 0.6) is 0 Å². The number of H-pyrrole nitrogens is 1. The number of aromatic nitrogens is 3. The van der Waals surface area contributed by atoms with Crippen molar-refractivity contribution in [2.75, 3.05) is 13.1 Å². The van der Waals surface area contributed by atoms with Crippen molar-refractivity contribution < 1.29 is 9.21 Å². The second-order valence-electron chi connectivity index (χ2n) is 5.45. The van der Waals surface area contributed by atoms with Crippen molar-refractivity contribution in [1.82, 2.24) is 19.7 Å². The highest BCUT2D eigenvalue weighted by Gasteiger charge is 2.28. The second kappa shape index (κ2) is 5.23. The number of oxazole rings is 1. The number of hydrogen-bond donors (Lipinski definition) is 1. The fourth-order valence-corrected chi connectivity index (χ4v) is 2.76. The maximum absolute atomic E-state index is 12.4. The summed E-state index contributed by atoms with van der Waals surface area (Å²) in [5.41, 5.74) is 1.17. The highest BCUT2D eigenvalue weighted by Crippen LogP contribution is 2.25. The van der Waals surface area contributed by atoms with Crippen LogP contribution in [0, 0.1) is 6.92 Å². The van der Waals surface area contributed by atoms with E-state index in [-0.39, 0.29) is 17.4 Å². The van der Waals surface area contributed by atoms with Crippen molar-refractivity contribution in [2.45, 2.75) is 25.7 Å². The van der Waals surface area contributed by atoms with Gasteiger partial charge in [0.15, 0.2) is 11.6 Å². The zero-order valence-electron chi connectivity index (χ0n) is 12.1. The molecule has 0 aliphatic carbocycles. The summed E-state index contributed by atoms with van der Waals surface area (Å²) < 4.78 is 6.55. The topological polar surface area (TPSA) is 84.1 Å². The second-order valence-corrected chi connectivity index (χ2v) is 5.45. The van der Waals surface area contributed by atoms with Crippen molar-refractivity contribution in [3.63, 3.8) is 0 Å². The normalized spacial score (nSPS) is 19.0. The molecule has 3 heterocycles. The summed E-state index contributed by atoms with van der Waals surface area (Å²) in [5.74, 6) is 0.527. The van der Waals surface area contributed by atoms with Gasteiger partial charge in [-0.05, 0) is 12.8 Å². The van der Waals surface area contributed by atoms with Gasteiger partial charge in [-0.15, -0.1) is 0 Å². The number of aryl methyl sites for hydroxylation is 2. The molecule has 1 aliphatic rings.